The van der Waals surface area contributed by atoms with Crippen LogP contribution in [-0.4, -0.2) is 25.0 Å². The van der Waals surface area contributed by atoms with Gasteiger partial charge in [0.2, 0.25) is 5.91 Å². The number of amides is 1. The lowest BCUT2D eigenvalue weighted by Crippen LogP contribution is -2.50. The fraction of sp³-hybridized carbons (Fsp3) is 0.933. The Morgan fingerprint density at radius 3 is 2.72 bits per heavy atom. The molecule has 1 saturated heterocycles. The zero-order chi connectivity index (χ0) is 13.2. The van der Waals surface area contributed by atoms with Gasteiger partial charge in [0.25, 0.3) is 0 Å². The van der Waals surface area contributed by atoms with Crippen molar-refractivity contribution in [1.29, 1.82) is 0 Å². The summed E-state index contributed by atoms with van der Waals surface area (Å²) in [6.45, 7) is 8.48. The van der Waals surface area contributed by atoms with E-state index >= 15 is 0 Å². The van der Waals surface area contributed by atoms with Crippen molar-refractivity contribution >= 4 is 5.91 Å². The molecule has 18 heavy (non-hydrogen) atoms. The summed E-state index contributed by atoms with van der Waals surface area (Å²) in [6.07, 6.45) is 5.89. The Labute approximate surface area is 111 Å². The highest BCUT2D eigenvalue weighted by Gasteiger charge is 2.44. The second kappa shape index (κ2) is 5.60. The first-order chi connectivity index (χ1) is 8.54. The Morgan fingerprint density at radius 1 is 1.39 bits per heavy atom. The third-order valence-corrected chi connectivity index (χ3v) is 5.02. The van der Waals surface area contributed by atoms with E-state index in [9.17, 15) is 4.79 Å². The molecular weight excluding hydrogens is 224 g/mol. The highest BCUT2D eigenvalue weighted by molar-refractivity contribution is 5.83. The van der Waals surface area contributed by atoms with Gasteiger partial charge >= 0.3 is 0 Å². The normalized spacial score (nSPS) is 36.9. The molecule has 2 rings (SSSR count). The number of rotatable bonds is 3. The lowest BCUT2D eigenvalue weighted by molar-refractivity contribution is -0.133. The molecule has 2 aliphatic rings. The minimum Gasteiger partial charge on any atom is -0.353 e. The molecule has 1 heterocycles. The van der Waals surface area contributed by atoms with Crippen LogP contribution in [0.25, 0.3) is 0 Å². The summed E-state index contributed by atoms with van der Waals surface area (Å²) in [7, 11) is 0. The van der Waals surface area contributed by atoms with E-state index in [1.54, 1.807) is 0 Å². The second-order valence-corrected chi connectivity index (χ2v) is 6.68. The molecule has 1 saturated carbocycles. The molecule has 1 aliphatic carbocycles. The summed E-state index contributed by atoms with van der Waals surface area (Å²) in [4.78, 5) is 12.6. The van der Waals surface area contributed by atoms with Crippen LogP contribution in [0, 0.1) is 17.3 Å². The highest BCUT2D eigenvalue weighted by atomic mass is 16.2. The Kier molecular flexibility index (Phi) is 4.31. The van der Waals surface area contributed by atoms with Crippen LogP contribution in [0.4, 0.5) is 0 Å². The summed E-state index contributed by atoms with van der Waals surface area (Å²) in [6, 6.07) is 0.414. The van der Waals surface area contributed by atoms with E-state index in [1.165, 1.54) is 12.8 Å². The van der Waals surface area contributed by atoms with E-state index in [4.69, 9.17) is 0 Å². The molecule has 0 bridgehead atoms. The molecule has 3 atom stereocenters. The standard InChI is InChI=1S/C15H28N2O/c1-11(2)15(7-8-16-10-15)14(18)17-13-6-4-5-12(3)9-13/h11-13,16H,4-10H2,1-3H3,(H,17,18). The van der Waals surface area contributed by atoms with E-state index in [2.05, 4.69) is 31.4 Å². The van der Waals surface area contributed by atoms with Crippen molar-refractivity contribution in [2.75, 3.05) is 13.1 Å². The largest absolute Gasteiger partial charge is 0.353 e. The van der Waals surface area contributed by atoms with E-state index in [1.807, 2.05) is 0 Å². The number of nitrogens with one attached hydrogen (secondary N) is 2. The average Bonchev–Trinajstić information content (AvgIpc) is 2.79. The minimum absolute atomic E-state index is 0.166. The monoisotopic (exact) mass is 252 g/mol. The van der Waals surface area contributed by atoms with Gasteiger partial charge in [0.05, 0.1) is 5.41 Å². The van der Waals surface area contributed by atoms with E-state index < -0.39 is 0 Å². The molecule has 1 aliphatic heterocycles. The lowest BCUT2D eigenvalue weighted by Gasteiger charge is -2.35. The third kappa shape index (κ3) is 2.71. The van der Waals surface area contributed by atoms with E-state index in [0.717, 1.165) is 38.3 Å². The number of hydrogen-bond donors (Lipinski definition) is 2. The van der Waals surface area contributed by atoms with Crippen molar-refractivity contribution < 1.29 is 4.79 Å². The van der Waals surface area contributed by atoms with Crippen molar-refractivity contribution in [1.82, 2.24) is 10.6 Å². The summed E-state index contributed by atoms with van der Waals surface area (Å²) in [5.41, 5.74) is -0.166. The van der Waals surface area contributed by atoms with Crippen molar-refractivity contribution in [3.05, 3.63) is 0 Å². The summed E-state index contributed by atoms with van der Waals surface area (Å²) in [5.74, 6) is 1.47. The lowest BCUT2D eigenvalue weighted by atomic mass is 9.75. The molecule has 3 unspecified atom stereocenters. The van der Waals surface area contributed by atoms with Crippen molar-refractivity contribution in [3.8, 4) is 0 Å². The van der Waals surface area contributed by atoms with Gasteiger partial charge in [-0.3, -0.25) is 4.79 Å². The van der Waals surface area contributed by atoms with Crippen molar-refractivity contribution in [2.45, 2.75) is 58.9 Å². The molecular formula is C15H28N2O. The van der Waals surface area contributed by atoms with Crippen LogP contribution in [-0.2, 0) is 4.79 Å². The molecule has 3 heteroatoms. The molecule has 0 spiro atoms. The molecule has 0 aromatic heterocycles. The number of hydrogen-bond acceptors (Lipinski definition) is 2. The molecule has 2 N–H and O–H groups in total. The van der Waals surface area contributed by atoms with Crippen LogP contribution in [0.5, 0.6) is 0 Å². The maximum Gasteiger partial charge on any atom is 0.228 e. The summed E-state index contributed by atoms with van der Waals surface area (Å²) >= 11 is 0. The van der Waals surface area contributed by atoms with Gasteiger partial charge in [-0.25, -0.2) is 0 Å². The van der Waals surface area contributed by atoms with Gasteiger partial charge in [0.1, 0.15) is 0 Å². The van der Waals surface area contributed by atoms with Gasteiger partial charge < -0.3 is 10.6 Å². The van der Waals surface area contributed by atoms with Gasteiger partial charge in [-0.15, -0.1) is 0 Å². The minimum atomic E-state index is -0.166. The Bertz CT molecular complexity index is 295. The maximum absolute atomic E-state index is 12.6. The van der Waals surface area contributed by atoms with Crippen LogP contribution in [0.15, 0.2) is 0 Å². The molecule has 0 radical (unpaired) electrons. The fourth-order valence-electron chi connectivity index (χ4n) is 3.55. The van der Waals surface area contributed by atoms with E-state index in [-0.39, 0.29) is 5.41 Å². The fourth-order valence-corrected chi connectivity index (χ4v) is 3.55. The Morgan fingerprint density at radius 2 is 2.17 bits per heavy atom. The van der Waals surface area contributed by atoms with Gasteiger partial charge in [-0.05, 0) is 37.6 Å². The van der Waals surface area contributed by atoms with Gasteiger partial charge in [0, 0.05) is 12.6 Å². The zero-order valence-corrected chi connectivity index (χ0v) is 12.1. The van der Waals surface area contributed by atoms with Crippen molar-refractivity contribution in [2.24, 2.45) is 17.3 Å². The SMILES string of the molecule is CC1CCCC(NC(=O)C2(C(C)C)CCNC2)C1. The predicted molar refractivity (Wildman–Crippen MR) is 74.3 cm³/mol. The van der Waals surface area contributed by atoms with Gasteiger partial charge in [0.15, 0.2) is 0 Å². The first-order valence-corrected chi connectivity index (χ1v) is 7.56. The van der Waals surface area contributed by atoms with Crippen LogP contribution in [0.1, 0.15) is 52.9 Å². The molecule has 2 fully saturated rings. The zero-order valence-electron chi connectivity index (χ0n) is 12.1. The van der Waals surface area contributed by atoms with Gasteiger partial charge in [-0.1, -0.05) is 33.6 Å². The molecule has 0 aromatic carbocycles. The molecule has 1 amide bonds. The Balaban J connectivity index is 1.97. The predicted octanol–water partition coefficient (Wildman–Crippen LogP) is 2.32. The van der Waals surface area contributed by atoms with Crippen molar-refractivity contribution in [3.63, 3.8) is 0 Å². The maximum atomic E-state index is 12.6. The van der Waals surface area contributed by atoms with Crippen LogP contribution in [0.2, 0.25) is 0 Å². The highest BCUT2D eigenvalue weighted by Crippen LogP contribution is 2.35. The quantitative estimate of drug-likeness (QED) is 0.809. The van der Waals surface area contributed by atoms with Crippen LogP contribution < -0.4 is 10.6 Å². The van der Waals surface area contributed by atoms with Crippen LogP contribution in [0.3, 0.4) is 0 Å². The molecule has 104 valence electrons. The van der Waals surface area contributed by atoms with Gasteiger partial charge in [-0.2, -0.15) is 0 Å². The summed E-state index contributed by atoms with van der Waals surface area (Å²) < 4.78 is 0. The molecule has 0 aromatic rings. The van der Waals surface area contributed by atoms with E-state index in [0.29, 0.717) is 17.9 Å². The average molecular weight is 252 g/mol. The second-order valence-electron chi connectivity index (χ2n) is 6.68. The topological polar surface area (TPSA) is 41.1 Å². The molecule has 3 nitrogen and oxygen atoms in total. The third-order valence-electron chi connectivity index (χ3n) is 5.02. The number of carbonyl (C=O) groups excluding carboxylic acids is 1. The first kappa shape index (κ1) is 13.9. The first-order valence-electron chi connectivity index (χ1n) is 7.56. The number of carbonyl (C=O) groups is 1. The summed E-state index contributed by atoms with van der Waals surface area (Å²) in [5, 5.41) is 6.70. The van der Waals surface area contributed by atoms with Crippen LogP contribution >= 0.6 is 0 Å². The smallest absolute Gasteiger partial charge is 0.228 e. The Hall–Kier alpha value is -0.570.